The largest absolute Gasteiger partial charge is 0.355 e. The number of hydrogen-bond donors (Lipinski definition) is 2. The average Bonchev–Trinajstić information content (AvgIpc) is 3.08. The van der Waals surface area contributed by atoms with E-state index in [9.17, 15) is 9.59 Å². The first-order chi connectivity index (χ1) is 11.7. The van der Waals surface area contributed by atoms with Gasteiger partial charge in [-0.2, -0.15) is 0 Å². The second kappa shape index (κ2) is 9.90. The SMILES string of the molecule is Cl.O=C(CCC(=O)c1ccc2c(c1)CCC2)NCCN1CCNCC1. The summed E-state index contributed by atoms with van der Waals surface area (Å²) in [6.07, 6.45) is 3.94. The van der Waals surface area contributed by atoms with Crippen LogP contribution in [-0.2, 0) is 17.6 Å². The summed E-state index contributed by atoms with van der Waals surface area (Å²) in [5.74, 6) is 0.0431. The lowest BCUT2D eigenvalue weighted by molar-refractivity contribution is -0.121. The molecule has 1 saturated heterocycles. The number of fused-ring (bicyclic) bond motifs is 1. The van der Waals surface area contributed by atoms with Crippen molar-refractivity contribution in [1.82, 2.24) is 15.5 Å². The van der Waals surface area contributed by atoms with Gasteiger partial charge in [0.05, 0.1) is 0 Å². The van der Waals surface area contributed by atoms with Crippen LogP contribution in [0.2, 0.25) is 0 Å². The van der Waals surface area contributed by atoms with E-state index >= 15 is 0 Å². The molecule has 0 spiro atoms. The Labute approximate surface area is 155 Å². The topological polar surface area (TPSA) is 61.4 Å². The zero-order valence-electron chi connectivity index (χ0n) is 14.7. The number of nitrogens with zero attached hydrogens (tertiary/aromatic N) is 1. The van der Waals surface area contributed by atoms with Crippen LogP contribution in [0.1, 0.15) is 40.7 Å². The first kappa shape index (κ1) is 19.9. The van der Waals surface area contributed by atoms with Crippen molar-refractivity contribution in [3.05, 3.63) is 34.9 Å². The lowest BCUT2D eigenvalue weighted by atomic mass is 10.0. The molecular weight excluding hydrogens is 338 g/mol. The zero-order valence-corrected chi connectivity index (χ0v) is 15.5. The maximum absolute atomic E-state index is 12.3. The Kier molecular flexibility index (Phi) is 7.88. The predicted molar refractivity (Wildman–Crippen MR) is 102 cm³/mol. The molecule has 138 valence electrons. The van der Waals surface area contributed by atoms with Crippen molar-refractivity contribution < 1.29 is 9.59 Å². The number of aryl methyl sites for hydroxylation is 2. The molecule has 6 heteroatoms. The summed E-state index contributed by atoms with van der Waals surface area (Å²) < 4.78 is 0. The molecule has 0 unspecified atom stereocenters. The van der Waals surface area contributed by atoms with E-state index in [-0.39, 0.29) is 36.9 Å². The molecule has 1 fully saturated rings. The predicted octanol–water partition coefficient (Wildman–Crippen LogP) is 1.58. The standard InChI is InChI=1S/C19H27N3O2.ClH/c23-18(17-5-4-15-2-1-3-16(15)14-17)6-7-19(24)21-10-13-22-11-8-20-9-12-22;/h4-5,14,20H,1-3,6-13H2,(H,21,24);1H. The molecular formula is C19H28ClN3O2. The lowest BCUT2D eigenvalue weighted by Gasteiger charge is -2.27. The Morgan fingerprint density at radius 1 is 1.08 bits per heavy atom. The smallest absolute Gasteiger partial charge is 0.220 e. The molecule has 1 amide bonds. The number of carbonyl (C=O) groups excluding carboxylic acids is 2. The highest BCUT2D eigenvalue weighted by Crippen LogP contribution is 2.23. The van der Waals surface area contributed by atoms with E-state index in [4.69, 9.17) is 0 Å². The van der Waals surface area contributed by atoms with E-state index in [2.05, 4.69) is 21.6 Å². The summed E-state index contributed by atoms with van der Waals surface area (Å²) in [5.41, 5.74) is 3.43. The highest BCUT2D eigenvalue weighted by molar-refractivity contribution is 5.98. The number of carbonyl (C=O) groups is 2. The van der Waals surface area contributed by atoms with E-state index in [1.165, 1.54) is 17.5 Å². The summed E-state index contributed by atoms with van der Waals surface area (Å²) in [5, 5.41) is 6.24. The molecule has 1 heterocycles. The van der Waals surface area contributed by atoms with Crippen molar-refractivity contribution in [1.29, 1.82) is 0 Å². The molecule has 0 atom stereocenters. The van der Waals surface area contributed by atoms with Crippen LogP contribution >= 0.6 is 12.4 Å². The van der Waals surface area contributed by atoms with Crippen molar-refractivity contribution in [2.45, 2.75) is 32.1 Å². The Bertz CT molecular complexity index is 600. The third kappa shape index (κ3) is 5.80. The molecule has 3 rings (SSSR count). The van der Waals surface area contributed by atoms with Crippen molar-refractivity contribution in [2.24, 2.45) is 0 Å². The van der Waals surface area contributed by atoms with E-state index < -0.39 is 0 Å². The Morgan fingerprint density at radius 2 is 1.84 bits per heavy atom. The number of nitrogens with one attached hydrogen (secondary N) is 2. The van der Waals surface area contributed by atoms with Gasteiger partial charge in [-0.15, -0.1) is 12.4 Å². The molecule has 0 radical (unpaired) electrons. The summed E-state index contributed by atoms with van der Waals surface area (Å²) in [6, 6.07) is 6.00. The fourth-order valence-electron chi connectivity index (χ4n) is 3.49. The highest BCUT2D eigenvalue weighted by atomic mass is 35.5. The minimum Gasteiger partial charge on any atom is -0.355 e. The van der Waals surface area contributed by atoms with Crippen molar-refractivity contribution in [3.8, 4) is 0 Å². The Morgan fingerprint density at radius 3 is 2.64 bits per heavy atom. The molecule has 1 aromatic rings. The summed E-state index contributed by atoms with van der Waals surface area (Å²) in [7, 11) is 0. The number of amides is 1. The molecule has 2 N–H and O–H groups in total. The van der Waals surface area contributed by atoms with Gasteiger partial charge in [0, 0.05) is 57.7 Å². The molecule has 1 aliphatic heterocycles. The third-order valence-corrected chi connectivity index (χ3v) is 4.96. The quantitative estimate of drug-likeness (QED) is 0.720. The minimum absolute atomic E-state index is 0. The minimum atomic E-state index is -0.0281. The first-order valence-corrected chi connectivity index (χ1v) is 9.07. The van der Waals surface area contributed by atoms with Gasteiger partial charge in [-0.1, -0.05) is 12.1 Å². The van der Waals surface area contributed by atoms with Gasteiger partial charge in [-0.05, 0) is 36.5 Å². The molecule has 2 aliphatic rings. The van der Waals surface area contributed by atoms with Gasteiger partial charge in [0.1, 0.15) is 0 Å². The van der Waals surface area contributed by atoms with Crippen LogP contribution < -0.4 is 10.6 Å². The maximum Gasteiger partial charge on any atom is 0.220 e. The summed E-state index contributed by atoms with van der Waals surface area (Å²) in [6.45, 7) is 5.64. The van der Waals surface area contributed by atoms with Crippen LogP contribution in [0, 0.1) is 0 Å². The number of ketones is 1. The van der Waals surface area contributed by atoms with Crippen LogP contribution in [0.5, 0.6) is 0 Å². The number of Topliss-reactive ketones (excluding diaryl/α,β-unsaturated/α-hetero) is 1. The Balaban J connectivity index is 0.00000225. The second-order valence-corrected chi connectivity index (χ2v) is 6.70. The van der Waals surface area contributed by atoms with E-state index in [1.807, 2.05) is 12.1 Å². The zero-order chi connectivity index (χ0) is 16.8. The Hall–Kier alpha value is -1.43. The van der Waals surface area contributed by atoms with Crippen LogP contribution in [0.25, 0.3) is 0 Å². The fourth-order valence-corrected chi connectivity index (χ4v) is 3.49. The van der Waals surface area contributed by atoms with Crippen LogP contribution in [0.3, 0.4) is 0 Å². The normalized spacial score (nSPS) is 16.8. The number of hydrogen-bond acceptors (Lipinski definition) is 4. The number of benzene rings is 1. The van der Waals surface area contributed by atoms with Crippen LogP contribution in [-0.4, -0.2) is 55.9 Å². The van der Waals surface area contributed by atoms with Crippen LogP contribution in [0.4, 0.5) is 0 Å². The van der Waals surface area contributed by atoms with Gasteiger partial charge in [0.25, 0.3) is 0 Å². The van der Waals surface area contributed by atoms with Crippen molar-refractivity contribution in [3.63, 3.8) is 0 Å². The molecule has 25 heavy (non-hydrogen) atoms. The van der Waals surface area contributed by atoms with E-state index in [0.29, 0.717) is 6.54 Å². The van der Waals surface area contributed by atoms with Gasteiger partial charge in [-0.25, -0.2) is 0 Å². The summed E-state index contributed by atoms with van der Waals surface area (Å²) in [4.78, 5) is 26.5. The monoisotopic (exact) mass is 365 g/mol. The average molecular weight is 366 g/mol. The number of rotatable bonds is 7. The lowest BCUT2D eigenvalue weighted by Crippen LogP contribution is -2.46. The fraction of sp³-hybridized carbons (Fsp3) is 0.579. The molecule has 0 saturated carbocycles. The maximum atomic E-state index is 12.3. The van der Waals surface area contributed by atoms with Gasteiger partial charge in [0.2, 0.25) is 5.91 Å². The highest BCUT2D eigenvalue weighted by Gasteiger charge is 2.15. The van der Waals surface area contributed by atoms with Crippen molar-refractivity contribution >= 4 is 24.1 Å². The molecule has 1 aromatic carbocycles. The number of piperazine rings is 1. The molecule has 1 aliphatic carbocycles. The van der Waals surface area contributed by atoms with E-state index in [1.54, 1.807) is 0 Å². The van der Waals surface area contributed by atoms with Gasteiger partial charge < -0.3 is 10.6 Å². The molecule has 0 bridgehead atoms. The van der Waals surface area contributed by atoms with Gasteiger partial charge >= 0.3 is 0 Å². The third-order valence-electron chi connectivity index (χ3n) is 4.96. The van der Waals surface area contributed by atoms with Gasteiger partial charge in [0.15, 0.2) is 5.78 Å². The summed E-state index contributed by atoms with van der Waals surface area (Å²) >= 11 is 0. The van der Waals surface area contributed by atoms with Crippen molar-refractivity contribution in [2.75, 3.05) is 39.3 Å². The first-order valence-electron chi connectivity index (χ1n) is 9.07. The second-order valence-electron chi connectivity index (χ2n) is 6.70. The van der Waals surface area contributed by atoms with Gasteiger partial charge in [-0.3, -0.25) is 14.5 Å². The molecule has 0 aromatic heterocycles. The molecule has 5 nitrogen and oxygen atoms in total. The van der Waals surface area contributed by atoms with Crippen LogP contribution in [0.15, 0.2) is 18.2 Å². The van der Waals surface area contributed by atoms with E-state index in [0.717, 1.165) is 51.1 Å². The number of halogens is 1.